The van der Waals surface area contributed by atoms with Crippen LogP contribution in [0.25, 0.3) is 0 Å². The number of carbonyl (C=O) groups is 4. The molecule has 1 heterocycles. The number of ether oxygens (including phenoxy) is 6. The average Bonchev–Trinajstić information content (AvgIpc) is 2.71. The number of esters is 3. The molecule has 0 bridgehead atoms. The molecule has 1 aliphatic rings. The maximum absolute atomic E-state index is 12.2. The summed E-state index contributed by atoms with van der Waals surface area (Å²) >= 11 is 0. The normalized spacial score (nSPS) is 24.5. The molecule has 0 radical (unpaired) electrons. The first kappa shape index (κ1) is 27.1. The van der Waals surface area contributed by atoms with E-state index < -0.39 is 54.6 Å². The first-order valence-electron chi connectivity index (χ1n) is 10.1. The Balaban J connectivity index is 3.24. The van der Waals surface area contributed by atoms with Crippen molar-refractivity contribution in [2.75, 3.05) is 19.8 Å². The molecule has 0 aliphatic carbocycles. The third-order valence-electron chi connectivity index (χ3n) is 4.15. The van der Waals surface area contributed by atoms with Gasteiger partial charge in [-0.2, -0.15) is 0 Å². The number of alkyl carbamates (subject to hydrolysis) is 1. The van der Waals surface area contributed by atoms with Gasteiger partial charge in [0.1, 0.15) is 25.4 Å². The lowest BCUT2D eigenvalue weighted by atomic mass is 9.96. The lowest BCUT2D eigenvalue weighted by Crippen LogP contribution is -2.66. The van der Waals surface area contributed by atoms with Gasteiger partial charge in [-0.05, 0) is 12.8 Å². The van der Waals surface area contributed by atoms with Crippen molar-refractivity contribution >= 4 is 24.0 Å². The van der Waals surface area contributed by atoms with Gasteiger partial charge in [-0.25, -0.2) is 4.79 Å². The standard InChI is InChI=1S/C21H31NO10/c1-6-8-9-11-27-20-17(22-21(26)28-10-7-2)19(31-15(5)25)18(30-14(4)24)16(32-20)12-29-13(3)23/h6-7,16-20H,1-2,8-12H2,3-5H3,(H,22,26)/t16-,17-,18-,19-,20-/m1/s1. The number of amides is 1. The molecule has 0 aromatic rings. The van der Waals surface area contributed by atoms with Crippen LogP contribution in [0.15, 0.2) is 25.3 Å². The number of allylic oxidation sites excluding steroid dienone is 1. The van der Waals surface area contributed by atoms with Crippen LogP contribution in [0.2, 0.25) is 0 Å². The molecule has 11 nitrogen and oxygen atoms in total. The zero-order valence-corrected chi connectivity index (χ0v) is 18.6. The van der Waals surface area contributed by atoms with Crippen molar-refractivity contribution in [3.63, 3.8) is 0 Å². The molecule has 32 heavy (non-hydrogen) atoms. The fourth-order valence-electron chi connectivity index (χ4n) is 2.94. The molecule has 1 rings (SSSR count). The molecule has 5 atom stereocenters. The van der Waals surface area contributed by atoms with Crippen LogP contribution >= 0.6 is 0 Å². The van der Waals surface area contributed by atoms with Gasteiger partial charge in [-0.1, -0.05) is 18.7 Å². The number of nitrogens with one attached hydrogen (secondary N) is 1. The number of hydrogen-bond donors (Lipinski definition) is 1. The Morgan fingerprint density at radius 2 is 1.59 bits per heavy atom. The summed E-state index contributed by atoms with van der Waals surface area (Å²) in [5, 5.41) is 2.53. The van der Waals surface area contributed by atoms with E-state index in [-0.39, 0.29) is 19.8 Å². The molecular formula is C21H31NO10. The molecule has 0 unspecified atom stereocenters. The van der Waals surface area contributed by atoms with Gasteiger partial charge in [0.15, 0.2) is 18.5 Å². The lowest BCUT2D eigenvalue weighted by molar-refractivity contribution is -0.277. The van der Waals surface area contributed by atoms with Crippen molar-refractivity contribution in [3.8, 4) is 0 Å². The van der Waals surface area contributed by atoms with Gasteiger partial charge in [0.05, 0.1) is 6.61 Å². The average molecular weight is 457 g/mol. The van der Waals surface area contributed by atoms with Crippen LogP contribution in [-0.2, 0) is 42.8 Å². The first-order chi connectivity index (χ1) is 15.2. The number of unbranched alkanes of at least 4 members (excludes halogenated alkanes) is 1. The second-order valence-electron chi connectivity index (χ2n) is 6.85. The summed E-state index contributed by atoms with van der Waals surface area (Å²) in [5.41, 5.74) is 0. The quantitative estimate of drug-likeness (QED) is 0.198. The highest BCUT2D eigenvalue weighted by molar-refractivity contribution is 5.69. The van der Waals surface area contributed by atoms with Gasteiger partial charge >= 0.3 is 24.0 Å². The topological polar surface area (TPSA) is 136 Å². The van der Waals surface area contributed by atoms with Crippen molar-refractivity contribution in [1.29, 1.82) is 0 Å². The minimum absolute atomic E-state index is 0.0645. The van der Waals surface area contributed by atoms with Gasteiger partial charge in [-0.3, -0.25) is 14.4 Å². The summed E-state index contributed by atoms with van der Waals surface area (Å²) in [7, 11) is 0. The van der Waals surface area contributed by atoms with Gasteiger partial charge in [0.2, 0.25) is 0 Å². The van der Waals surface area contributed by atoms with Crippen molar-refractivity contribution in [1.82, 2.24) is 5.32 Å². The molecule has 1 saturated heterocycles. The largest absolute Gasteiger partial charge is 0.463 e. The van der Waals surface area contributed by atoms with Gasteiger partial charge in [-0.15, -0.1) is 6.58 Å². The highest BCUT2D eigenvalue weighted by Gasteiger charge is 2.51. The number of carbonyl (C=O) groups excluding carboxylic acids is 4. The molecular weight excluding hydrogens is 426 g/mol. The third kappa shape index (κ3) is 9.48. The second kappa shape index (κ2) is 14.2. The lowest BCUT2D eigenvalue weighted by Gasteiger charge is -2.44. The van der Waals surface area contributed by atoms with Gasteiger partial charge in [0.25, 0.3) is 0 Å². The Morgan fingerprint density at radius 3 is 2.16 bits per heavy atom. The predicted molar refractivity (Wildman–Crippen MR) is 110 cm³/mol. The molecule has 180 valence electrons. The van der Waals surface area contributed by atoms with Crippen molar-refractivity contribution < 1.29 is 47.6 Å². The fraction of sp³-hybridized carbons (Fsp3) is 0.619. The van der Waals surface area contributed by atoms with Crippen LogP contribution in [0, 0.1) is 0 Å². The van der Waals surface area contributed by atoms with Crippen LogP contribution in [0.1, 0.15) is 33.6 Å². The van der Waals surface area contributed by atoms with E-state index in [0.717, 1.165) is 13.8 Å². The van der Waals surface area contributed by atoms with Crippen LogP contribution in [0.3, 0.4) is 0 Å². The van der Waals surface area contributed by atoms with Crippen molar-refractivity contribution in [3.05, 3.63) is 25.3 Å². The Bertz CT molecular complexity index is 679. The zero-order chi connectivity index (χ0) is 24.1. The van der Waals surface area contributed by atoms with E-state index in [4.69, 9.17) is 28.4 Å². The molecule has 11 heteroatoms. The first-order valence-corrected chi connectivity index (χ1v) is 10.1. The summed E-state index contributed by atoms with van der Waals surface area (Å²) < 4.78 is 32.3. The maximum Gasteiger partial charge on any atom is 0.407 e. The van der Waals surface area contributed by atoms with Crippen LogP contribution in [0.5, 0.6) is 0 Å². The smallest absolute Gasteiger partial charge is 0.407 e. The highest BCUT2D eigenvalue weighted by Crippen LogP contribution is 2.28. The van der Waals surface area contributed by atoms with Gasteiger partial charge < -0.3 is 33.7 Å². The Morgan fingerprint density at radius 1 is 0.938 bits per heavy atom. The predicted octanol–water partition coefficient (Wildman–Crippen LogP) is 1.40. The summed E-state index contributed by atoms with van der Waals surface area (Å²) in [6.07, 6.45) is -1.05. The SMILES string of the molecule is C=CCCCO[C@@H]1O[C@H](COC(C)=O)[C@@H](OC(C)=O)[C@H](OC(C)=O)[C@H]1NC(=O)OCC=C. The monoisotopic (exact) mass is 457 g/mol. The Hall–Kier alpha value is -2.92. The van der Waals surface area contributed by atoms with E-state index in [2.05, 4.69) is 18.5 Å². The summed E-state index contributed by atoms with van der Waals surface area (Å²) in [6.45, 7) is 10.5. The van der Waals surface area contributed by atoms with E-state index in [9.17, 15) is 19.2 Å². The molecule has 1 aliphatic heterocycles. The summed E-state index contributed by atoms with van der Waals surface area (Å²) in [6, 6.07) is -1.10. The maximum atomic E-state index is 12.2. The molecule has 0 aromatic heterocycles. The molecule has 1 amide bonds. The zero-order valence-electron chi connectivity index (χ0n) is 18.6. The number of hydrogen-bond acceptors (Lipinski definition) is 10. The summed E-state index contributed by atoms with van der Waals surface area (Å²) in [5.74, 6) is -1.98. The molecule has 0 spiro atoms. The minimum atomic E-state index is -1.22. The number of rotatable bonds is 12. The van der Waals surface area contributed by atoms with E-state index in [1.165, 1.54) is 13.0 Å². The van der Waals surface area contributed by atoms with Crippen molar-refractivity contribution in [2.24, 2.45) is 0 Å². The van der Waals surface area contributed by atoms with Crippen molar-refractivity contribution in [2.45, 2.75) is 64.3 Å². The molecule has 1 fully saturated rings. The Labute approximate surface area is 187 Å². The summed E-state index contributed by atoms with van der Waals surface area (Å²) in [4.78, 5) is 47.1. The molecule has 0 aromatic carbocycles. The minimum Gasteiger partial charge on any atom is -0.463 e. The molecule has 1 N–H and O–H groups in total. The van der Waals surface area contributed by atoms with Crippen LogP contribution in [-0.4, -0.2) is 74.5 Å². The van der Waals surface area contributed by atoms with Gasteiger partial charge in [0, 0.05) is 20.8 Å². The second-order valence-corrected chi connectivity index (χ2v) is 6.85. The van der Waals surface area contributed by atoms with E-state index in [0.29, 0.717) is 12.8 Å². The van der Waals surface area contributed by atoms with E-state index in [1.807, 2.05) is 0 Å². The Kier molecular flexibility index (Phi) is 12.0. The van der Waals surface area contributed by atoms with E-state index >= 15 is 0 Å². The van der Waals surface area contributed by atoms with Crippen LogP contribution in [0.4, 0.5) is 4.79 Å². The molecule has 0 saturated carbocycles. The third-order valence-corrected chi connectivity index (χ3v) is 4.15. The van der Waals surface area contributed by atoms with E-state index in [1.54, 1.807) is 6.08 Å². The fourth-order valence-corrected chi connectivity index (χ4v) is 2.94. The van der Waals surface area contributed by atoms with Crippen LogP contribution < -0.4 is 5.32 Å². The highest BCUT2D eigenvalue weighted by atomic mass is 16.7.